The maximum absolute atomic E-state index is 5.88. The van der Waals surface area contributed by atoms with Crippen molar-refractivity contribution in [3.63, 3.8) is 0 Å². The first-order valence-electron chi connectivity index (χ1n) is 5.97. The monoisotopic (exact) mass is 264 g/mol. The average molecular weight is 265 g/mol. The van der Waals surface area contributed by atoms with Gasteiger partial charge in [-0.3, -0.25) is 0 Å². The number of rotatable bonds is 2. The first-order chi connectivity index (χ1) is 8.84. The van der Waals surface area contributed by atoms with Crippen molar-refractivity contribution < 1.29 is 4.74 Å². The van der Waals surface area contributed by atoms with Crippen molar-refractivity contribution >= 4 is 11.6 Å². The van der Waals surface area contributed by atoms with E-state index < -0.39 is 0 Å². The number of hydrogen-bond donors (Lipinski definition) is 0. The van der Waals surface area contributed by atoms with Crippen molar-refractivity contribution in [3.05, 3.63) is 29.9 Å². The second kappa shape index (κ2) is 5.04. The van der Waals surface area contributed by atoms with Gasteiger partial charge in [-0.2, -0.15) is 0 Å². The summed E-state index contributed by atoms with van der Waals surface area (Å²) < 4.78 is 7.77. The minimum Gasteiger partial charge on any atom is -0.358 e. The Morgan fingerprint density at radius 3 is 3.00 bits per heavy atom. The standard InChI is InChI=1S/C12H13ClN4O/c13-10-7-9(15-8-16-10)12-14-4-5-17(12)11-3-1-2-6-18-11/h4-5,7-8,11H,1-3,6H2. The number of ether oxygens (including phenoxy) is 1. The smallest absolute Gasteiger partial charge is 0.160 e. The molecule has 18 heavy (non-hydrogen) atoms. The number of hydrogen-bond acceptors (Lipinski definition) is 4. The fourth-order valence-corrected chi connectivity index (χ4v) is 2.29. The summed E-state index contributed by atoms with van der Waals surface area (Å²) in [6, 6.07) is 1.71. The van der Waals surface area contributed by atoms with E-state index in [4.69, 9.17) is 16.3 Å². The molecule has 1 fully saturated rings. The van der Waals surface area contributed by atoms with Gasteiger partial charge in [-0.05, 0) is 19.3 Å². The Morgan fingerprint density at radius 2 is 2.22 bits per heavy atom. The topological polar surface area (TPSA) is 52.8 Å². The average Bonchev–Trinajstić information content (AvgIpc) is 2.89. The largest absolute Gasteiger partial charge is 0.358 e. The Kier molecular flexibility index (Phi) is 3.25. The predicted octanol–water partition coefficient (Wildman–Crippen LogP) is 2.69. The molecule has 5 nitrogen and oxygen atoms in total. The molecule has 0 aromatic carbocycles. The minimum atomic E-state index is 0.0463. The predicted molar refractivity (Wildman–Crippen MR) is 67.1 cm³/mol. The first-order valence-corrected chi connectivity index (χ1v) is 6.35. The van der Waals surface area contributed by atoms with E-state index >= 15 is 0 Å². The van der Waals surface area contributed by atoms with E-state index in [9.17, 15) is 0 Å². The van der Waals surface area contributed by atoms with Gasteiger partial charge in [-0.1, -0.05) is 11.6 Å². The molecule has 0 N–H and O–H groups in total. The van der Waals surface area contributed by atoms with Crippen molar-refractivity contribution in [1.82, 2.24) is 19.5 Å². The highest BCUT2D eigenvalue weighted by Gasteiger charge is 2.19. The van der Waals surface area contributed by atoms with Crippen LogP contribution in [0.5, 0.6) is 0 Å². The van der Waals surface area contributed by atoms with Crippen LogP contribution in [0.4, 0.5) is 0 Å². The van der Waals surface area contributed by atoms with Crippen LogP contribution in [-0.2, 0) is 4.74 Å². The lowest BCUT2D eigenvalue weighted by molar-refractivity contribution is -0.0309. The molecule has 0 amide bonds. The molecule has 3 heterocycles. The fraction of sp³-hybridized carbons (Fsp3) is 0.417. The van der Waals surface area contributed by atoms with Crippen molar-refractivity contribution in [1.29, 1.82) is 0 Å². The summed E-state index contributed by atoms with van der Waals surface area (Å²) in [6.45, 7) is 0.798. The molecule has 0 saturated carbocycles. The van der Waals surface area contributed by atoms with Crippen molar-refractivity contribution in [2.45, 2.75) is 25.5 Å². The first kappa shape index (κ1) is 11.6. The van der Waals surface area contributed by atoms with Gasteiger partial charge in [-0.25, -0.2) is 15.0 Å². The molecule has 1 aliphatic heterocycles. The third-order valence-electron chi connectivity index (χ3n) is 3.00. The summed E-state index contributed by atoms with van der Waals surface area (Å²) in [7, 11) is 0. The van der Waals surface area contributed by atoms with Gasteiger partial charge < -0.3 is 9.30 Å². The highest BCUT2D eigenvalue weighted by atomic mass is 35.5. The molecular weight excluding hydrogens is 252 g/mol. The summed E-state index contributed by atoms with van der Waals surface area (Å²) in [5.74, 6) is 0.770. The van der Waals surface area contributed by atoms with Crippen LogP contribution in [0.2, 0.25) is 5.15 Å². The van der Waals surface area contributed by atoms with Crippen LogP contribution in [-0.4, -0.2) is 26.1 Å². The van der Waals surface area contributed by atoms with Gasteiger partial charge in [0.15, 0.2) is 5.82 Å². The van der Waals surface area contributed by atoms with Crippen LogP contribution in [0, 0.1) is 0 Å². The van der Waals surface area contributed by atoms with Crippen LogP contribution in [0.15, 0.2) is 24.8 Å². The third kappa shape index (κ3) is 2.23. The maximum atomic E-state index is 5.88. The highest BCUT2D eigenvalue weighted by Crippen LogP contribution is 2.27. The molecule has 0 bridgehead atoms. The molecule has 1 unspecified atom stereocenters. The van der Waals surface area contributed by atoms with E-state index in [1.54, 1.807) is 12.3 Å². The maximum Gasteiger partial charge on any atom is 0.160 e. The second-order valence-corrected chi connectivity index (χ2v) is 4.59. The zero-order chi connectivity index (χ0) is 12.4. The molecule has 0 radical (unpaired) electrons. The SMILES string of the molecule is Clc1cc(-c2nccn2C2CCCCO2)ncn1. The van der Waals surface area contributed by atoms with Gasteiger partial charge in [0, 0.05) is 25.1 Å². The second-order valence-electron chi connectivity index (χ2n) is 4.21. The van der Waals surface area contributed by atoms with E-state index in [0.29, 0.717) is 10.8 Å². The van der Waals surface area contributed by atoms with E-state index in [1.807, 2.05) is 10.8 Å². The normalized spacial score (nSPS) is 19.9. The molecule has 1 aliphatic rings. The van der Waals surface area contributed by atoms with E-state index in [-0.39, 0.29) is 6.23 Å². The lowest BCUT2D eigenvalue weighted by atomic mass is 10.2. The zero-order valence-electron chi connectivity index (χ0n) is 9.79. The van der Waals surface area contributed by atoms with Crippen LogP contribution in [0.3, 0.4) is 0 Å². The summed E-state index contributed by atoms with van der Waals surface area (Å²) in [6.07, 6.45) is 8.46. The van der Waals surface area contributed by atoms with Crippen LogP contribution >= 0.6 is 11.6 Å². The van der Waals surface area contributed by atoms with Gasteiger partial charge in [0.1, 0.15) is 23.4 Å². The van der Waals surface area contributed by atoms with Gasteiger partial charge >= 0.3 is 0 Å². The van der Waals surface area contributed by atoms with Gasteiger partial charge in [0.25, 0.3) is 0 Å². The van der Waals surface area contributed by atoms with Crippen LogP contribution in [0.1, 0.15) is 25.5 Å². The molecule has 0 aliphatic carbocycles. The highest BCUT2D eigenvalue weighted by molar-refractivity contribution is 6.29. The number of nitrogens with zero attached hydrogens (tertiary/aromatic N) is 4. The molecule has 94 valence electrons. The molecule has 2 aromatic rings. The van der Waals surface area contributed by atoms with E-state index in [2.05, 4.69) is 15.0 Å². The molecule has 1 saturated heterocycles. The lowest BCUT2D eigenvalue weighted by Gasteiger charge is -2.25. The van der Waals surface area contributed by atoms with Crippen molar-refractivity contribution in [3.8, 4) is 11.5 Å². The Bertz CT molecular complexity index is 536. The summed E-state index contributed by atoms with van der Waals surface area (Å²) >= 11 is 5.88. The van der Waals surface area contributed by atoms with Gasteiger partial charge in [0.2, 0.25) is 0 Å². The Labute approximate surface area is 110 Å². The van der Waals surface area contributed by atoms with Crippen molar-refractivity contribution in [2.24, 2.45) is 0 Å². The minimum absolute atomic E-state index is 0.0463. The molecule has 1 atom stereocenters. The summed E-state index contributed by atoms with van der Waals surface area (Å²) in [4.78, 5) is 12.4. The molecule has 0 spiro atoms. The molecule has 6 heteroatoms. The number of aromatic nitrogens is 4. The number of halogens is 1. The van der Waals surface area contributed by atoms with Gasteiger partial charge in [-0.15, -0.1) is 0 Å². The van der Waals surface area contributed by atoms with Crippen LogP contribution in [0.25, 0.3) is 11.5 Å². The third-order valence-corrected chi connectivity index (χ3v) is 3.20. The fourth-order valence-electron chi connectivity index (χ4n) is 2.14. The Hall–Kier alpha value is -1.46. The quantitative estimate of drug-likeness (QED) is 0.783. The van der Waals surface area contributed by atoms with E-state index in [1.165, 1.54) is 12.7 Å². The van der Waals surface area contributed by atoms with Gasteiger partial charge in [0.05, 0.1) is 0 Å². The van der Waals surface area contributed by atoms with E-state index in [0.717, 1.165) is 25.3 Å². The summed E-state index contributed by atoms with van der Waals surface area (Å²) in [5.41, 5.74) is 0.717. The molecule has 3 rings (SSSR count). The Balaban J connectivity index is 1.95. The zero-order valence-corrected chi connectivity index (χ0v) is 10.5. The van der Waals surface area contributed by atoms with Crippen LogP contribution < -0.4 is 0 Å². The summed E-state index contributed by atoms with van der Waals surface area (Å²) in [5, 5.41) is 0.416. The molecular formula is C12H13ClN4O. The number of imidazole rings is 1. The lowest BCUT2D eigenvalue weighted by Crippen LogP contribution is -2.18. The van der Waals surface area contributed by atoms with Crippen molar-refractivity contribution in [2.75, 3.05) is 6.61 Å². The molecule has 2 aromatic heterocycles. The Morgan fingerprint density at radius 1 is 1.28 bits per heavy atom.